The van der Waals surface area contributed by atoms with Crippen molar-refractivity contribution in [2.24, 2.45) is 5.92 Å². The number of nitrogens with one attached hydrogen (secondary N) is 1. The highest BCUT2D eigenvalue weighted by atomic mass is 19.4. The number of aromatic nitrogens is 1. The molecule has 0 saturated heterocycles. The van der Waals surface area contributed by atoms with Crippen molar-refractivity contribution >= 4 is 5.91 Å². The van der Waals surface area contributed by atoms with Crippen molar-refractivity contribution in [2.45, 2.75) is 37.9 Å². The summed E-state index contributed by atoms with van der Waals surface area (Å²) in [5.41, 5.74) is 0.825. The summed E-state index contributed by atoms with van der Waals surface area (Å²) in [7, 11) is 0. The van der Waals surface area contributed by atoms with Crippen molar-refractivity contribution < 1.29 is 22.7 Å². The highest BCUT2D eigenvalue weighted by Crippen LogP contribution is 2.40. The van der Waals surface area contributed by atoms with Crippen LogP contribution in [0.5, 0.6) is 5.75 Å². The Labute approximate surface area is 119 Å². The number of rotatable bonds is 3. The largest absolute Gasteiger partial charge is 0.492 e. The molecule has 1 amide bonds. The summed E-state index contributed by atoms with van der Waals surface area (Å²) < 4.78 is 44.1. The van der Waals surface area contributed by atoms with E-state index in [0.29, 0.717) is 25.2 Å². The Kier molecular flexibility index (Phi) is 3.51. The minimum absolute atomic E-state index is 0.00847. The summed E-state index contributed by atoms with van der Waals surface area (Å²) in [5, 5.41) is 2.07. The van der Waals surface area contributed by atoms with Crippen molar-refractivity contribution in [3.8, 4) is 5.75 Å². The summed E-state index contributed by atoms with van der Waals surface area (Å²) in [6, 6.07) is -0.261. The summed E-state index contributed by atoms with van der Waals surface area (Å²) in [4.78, 5) is 15.9. The Morgan fingerprint density at radius 3 is 2.86 bits per heavy atom. The molecule has 1 unspecified atom stereocenters. The SMILES string of the molecule is O=C(NC(C1CC1)C(F)(F)F)c1cc2c(cn1)OCCC2. The second-order valence-corrected chi connectivity index (χ2v) is 5.46. The van der Waals surface area contributed by atoms with Crippen molar-refractivity contribution in [3.05, 3.63) is 23.5 Å². The van der Waals surface area contributed by atoms with Crippen molar-refractivity contribution in [1.29, 1.82) is 0 Å². The molecule has 7 heteroatoms. The van der Waals surface area contributed by atoms with E-state index >= 15 is 0 Å². The number of aryl methyl sites for hydroxylation is 1. The van der Waals surface area contributed by atoms with E-state index in [1.807, 2.05) is 0 Å². The van der Waals surface area contributed by atoms with E-state index in [4.69, 9.17) is 4.74 Å². The molecule has 1 aromatic rings. The number of carbonyl (C=O) groups is 1. The maximum Gasteiger partial charge on any atom is 0.408 e. The number of nitrogens with zero attached hydrogens (tertiary/aromatic N) is 1. The first kappa shape index (κ1) is 14.2. The first-order valence-corrected chi connectivity index (χ1v) is 6.94. The van der Waals surface area contributed by atoms with Crippen molar-refractivity contribution in [1.82, 2.24) is 10.3 Å². The topological polar surface area (TPSA) is 51.2 Å². The maximum atomic E-state index is 12.9. The van der Waals surface area contributed by atoms with Crippen LogP contribution in [0.15, 0.2) is 12.3 Å². The minimum atomic E-state index is -4.42. The van der Waals surface area contributed by atoms with Gasteiger partial charge in [-0.1, -0.05) is 0 Å². The molecule has 1 N–H and O–H groups in total. The highest BCUT2D eigenvalue weighted by molar-refractivity contribution is 5.92. The molecule has 2 aliphatic rings. The van der Waals surface area contributed by atoms with Gasteiger partial charge in [0.05, 0.1) is 12.8 Å². The van der Waals surface area contributed by atoms with E-state index in [-0.39, 0.29) is 5.69 Å². The third-order valence-corrected chi connectivity index (χ3v) is 3.76. The fourth-order valence-electron chi connectivity index (χ4n) is 2.49. The predicted octanol–water partition coefficient (Wildman–Crippen LogP) is 2.48. The van der Waals surface area contributed by atoms with Gasteiger partial charge in [-0.15, -0.1) is 0 Å². The average Bonchev–Trinajstić information content (AvgIpc) is 3.27. The van der Waals surface area contributed by atoms with Crippen LogP contribution < -0.4 is 10.1 Å². The minimum Gasteiger partial charge on any atom is -0.492 e. The molecule has 114 valence electrons. The number of hydrogen-bond donors (Lipinski definition) is 1. The molecule has 2 heterocycles. The van der Waals surface area contributed by atoms with Crippen LogP contribution in [-0.2, 0) is 6.42 Å². The number of ether oxygens (including phenoxy) is 1. The highest BCUT2D eigenvalue weighted by Gasteiger charge is 2.49. The molecule has 1 saturated carbocycles. The molecule has 1 atom stereocenters. The van der Waals surface area contributed by atoms with Gasteiger partial charge in [0.1, 0.15) is 17.5 Å². The Bertz CT molecular complexity index is 556. The average molecular weight is 300 g/mol. The van der Waals surface area contributed by atoms with Crippen LogP contribution in [0.3, 0.4) is 0 Å². The van der Waals surface area contributed by atoms with Crippen molar-refractivity contribution in [3.63, 3.8) is 0 Å². The number of carbonyl (C=O) groups excluding carboxylic acids is 1. The molecule has 4 nitrogen and oxygen atoms in total. The second kappa shape index (κ2) is 5.20. The van der Waals surface area contributed by atoms with Gasteiger partial charge in [0, 0.05) is 0 Å². The van der Waals surface area contributed by atoms with Gasteiger partial charge in [-0.2, -0.15) is 13.2 Å². The van der Waals surface area contributed by atoms with E-state index in [1.54, 1.807) is 0 Å². The lowest BCUT2D eigenvalue weighted by atomic mass is 10.1. The van der Waals surface area contributed by atoms with Crippen LogP contribution in [-0.4, -0.2) is 29.7 Å². The Hall–Kier alpha value is -1.79. The Balaban J connectivity index is 1.75. The number of pyridine rings is 1. The van der Waals surface area contributed by atoms with E-state index in [2.05, 4.69) is 10.3 Å². The fraction of sp³-hybridized carbons (Fsp3) is 0.571. The lowest BCUT2D eigenvalue weighted by Gasteiger charge is -2.21. The van der Waals surface area contributed by atoms with Gasteiger partial charge in [-0.3, -0.25) is 4.79 Å². The zero-order chi connectivity index (χ0) is 15.0. The van der Waals surface area contributed by atoms with Gasteiger partial charge < -0.3 is 10.1 Å². The lowest BCUT2D eigenvalue weighted by molar-refractivity contribution is -0.158. The normalized spacial score (nSPS) is 19.4. The predicted molar refractivity (Wildman–Crippen MR) is 68.1 cm³/mol. The second-order valence-electron chi connectivity index (χ2n) is 5.46. The van der Waals surface area contributed by atoms with Crippen LogP contribution in [0, 0.1) is 5.92 Å². The molecule has 1 aliphatic heterocycles. The molecule has 1 fully saturated rings. The molecule has 0 bridgehead atoms. The fourth-order valence-corrected chi connectivity index (χ4v) is 2.49. The van der Waals surface area contributed by atoms with E-state index in [0.717, 1.165) is 18.4 Å². The smallest absolute Gasteiger partial charge is 0.408 e. The van der Waals surface area contributed by atoms with Gasteiger partial charge in [-0.05, 0) is 43.2 Å². The van der Waals surface area contributed by atoms with E-state index < -0.39 is 24.0 Å². The Morgan fingerprint density at radius 1 is 1.43 bits per heavy atom. The third kappa shape index (κ3) is 3.11. The molecular formula is C14H15F3N2O2. The molecule has 21 heavy (non-hydrogen) atoms. The zero-order valence-electron chi connectivity index (χ0n) is 11.2. The monoisotopic (exact) mass is 300 g/mol. The number of halogens is 3. The first-order valence-electron chi connectivity index (χ1n) is 6.94. The molecule has 3 rings (SSSR count). The molecule has 0 spiro atoms. The van der Waals surface area contributed by atoms with Gasteiger partial charge in [0.15, 0.2) is 0 Å². The standard InChI is InChI=1S/C14H15F3N2O2/c15-14(16,17)12(8-3-4-8)19-13(20)10-6-9-2-1-5-21-11(9)7-18-10/h6-8,12H,1-5H2,(H,19,20). The Morgan fingerprint density at radius 2 is 2.19 bits per heavy atom. The number of alkyl halides is 3. The quantitative estimate of drug-likeness (QED) is 0.933. The summed E-state index contributed by atoms with van der Waals surface area (Å²) in [6.07, 6.45) is -0.460. The molecular weight excluding hydrogens is 285 g/mol. The van der Waals surface area contributed by atoms with E-state index in [1.165, 1.54) is 12.3 Å². The van der Waals surface area contributed by atoms with Gasteiger partial charge in [0.25, 0.3) is 5.91 Å². The van der Waals surface area contributed by atoms with Crippen LogP contribution in [0.25, 0.3) is 0 Å². The lowest BCUT2D eigenvalue weighted by Crippen LogP contribution is -2.47. The molecule has 0 aromatic carbocycles. The summed E-state index contributed by atoms with van der Waals surface area (Å²) >= 11 is 0. The summed E-state index contributed by atoms with van der Waals surface area (Å²) in [6.45, 7) is 0.595. The number of amides is 1. The number of fused-ring (bicyclic) bond motifs is 1. The zero-order valence-corrected chi connectivity index (χ0v) is 11.2. The summed E-state index contributed by atoms with van der Waals surface area (Å²) in [5.74, 6) is -0.681. The maximum absolute atomic E-state index is 12.9. The van der Waals surface area contributed by atoms with Crippen LogP contribution in [0.2, 0.25) is 0 Å². The van der Waals surface area contributed by atoms with E-state index in [9.17, 15) is 18.0 Å². The number of hydrogen-bond acceptors (Lipinski definition) is 3. The van der Waals surface area contributed by atoms with Gasteiger partial charge in [0.2, 0.25) is 0 Å². The van der Waals surface area contributed by atoms with Crippen LogP contribution in [0.4, 0.5) is 13.2 Å². The third-order valence-electron chi connectivity index (χ3n) is 3.76. The first-order chi connectivity index (χ1) is 9.95. The van der Waals surface area contributed by atoms with Crippen LogP contribution in [0.1, 0.15) is 35.3 Å². The molecule has 0 radical (unpaired) electrons. The van der Waals surface area contributed by atoms with Crippen LogP contribution >= 0.6 is 0 Å². The molecule has 1 aliphatic carbocycles. The van der Waals surface area contributed by atoms with Gasteiger partial charge >= 0.3 is 6.18 Å². The molecule has 1 aromatic heterocycles. The van der Waals surface area contributed by atoms with Gasteiger partial charge in [-0.25, -0.2) is 4.98 Å². The van der Waals surface area contributed by atoms with Crippen molar-refractivity contribution in [2.75, 3.05) is 6.61 Å².